The number of para-hydroxylation sites is 2. The number of nitrogens with zero attached hydrogens (tertiary/aromatic N) is 2. The molecule has 282 valence electrons. The molecule has 0 bridgehead atoms. The molecular formula is C44H45N5O6. The maximum atomic E-state index is 13.3. The molecule has 11 heteroatoms. The summed E-state index contributed by atoms with van der Waals surface area (Å²) < 4.78 is 19.1. The number of aliphatic hydroxyl groups is 1. The van der Waals surface area contributed by atoms with Crippen molar-refractivity contribution < 1.29 is 28.9 Å². The fourth-order valence-electron chi connectivity index (χ4n) is 7.75. The van der Waals surface area contributed by atoms with E-state index in [1.165, 1.54) is 0 Å². The zero-order valence-corrected chi connectivity index (χ0v) is 30.5. The Labute approximate surface area is 320 Å². The molecule has 0 saturated carbocycles. The van der Waals surface area contributed by atoms with E-state index >= 15 is 0 Å². The highest BCUT2D eigenvalue weighted by atomic mass is 16.7. The first-order valence-electron chi connectivity index (χ1n) is 18.8. The molecule has 0 aliphatic carbocycles. The van der Waals surface area contributed by atoms with E-state index in [9.17, 15) is 14.7 Å². The number of nitrogens with one attached hydrogen (secondary N) is 3. The Morgan fingerprint density at radius 3 is 2.20 bits per heavy atom. The molecule has 3 aliphatic heterocycles. The number of ether oxygens (including phenoxy) is 3. The second kappa shape index (κ2) is 16.3. The summed E-state index contributed by atoms with van der Waals surface area (Å²) in [6.07, 6.45) is 0.973. The predicted octanol–water partition coefficient (Wildman–Crippen LogP) is 7.59. The van der Waals surface area contributed by atoms with Crippen molar-refractivity contribution in [1.82, 2.24) is 10.2 Å². The zero-order chi connectivity index (χ0) is 37.6. The number of amides is 3. The van der Waals surface area contributed by atoms with Gasteiger partial charge < -0.3 is 45.1 Å². The van der Waals surface area contributed by atoms with Crippen molar-refractivity contribution in [2.24, 2.45) is 0 Å². The summed E-state index contributed by atoms with van der Waals surface area (Å²) in [4.78, 5) is 30.9. The van der Waals surface area contributed by atoms with Crippen LogP contribution in [0, 0.1) is 0 Å². The van der Waals surface area contributed by atoms with Gasteiger partial charge in [-0.3, -0.25) is 4.79 Å². The zero-order valence-electron chi connectivity index (χ0n) is 30.5. The number of rotatable bonds is 10. The predicted molar refractivity (Wildman–Crippen MR) is 211 cm³/mol. The van der Waals surface area contributed by atoms with E-state index in [1.807, 2.05) is 97.1 Å². The van der Waals surface area contributed by atoms with Crippen LogP contribution in [-0.2, 0) is 20.9 Å². The lowest BCUT2D eigenvalue weighted by Gasteiger charge is -2.45. The summed E-state index contributed by atoms with van der Waals surface area (Å²) in [7, 11) is 0. The van der Waals surface area contributed by atoms with Gasteiger partial charge in [0.1, 0.15) is 17.0 Å². The molecule has 4 N–H and O–H groups in total. The number of carbonyl (C=O) groups is 2. The molecule has 0 aromatic heterocycles. The van der Waals surface area contributed by atoms with Gasteiger partial charge in [-0.1, -0.05) is 72.8 Å². The van der Waals surface area contributed by atoms with Crippen LogP contribution >= 0.6 is 0 Å². The highest BCUT2D eigenvalue weighted by Gasteiger charge is 2.50. The van der Waals surface area contributed by atoms with Crippen molar-refractivity contribution in [3.8, 4) is 11.5 Å². The summed E-state index contributed by atoms with van der Waals surface area (Å²) >= 11 is 0. The van der Waals surface area contributed by atoms with Crippen LogP contribution in [0.3, 0.4) is 0 Å². The maximum absolute atomic E-state index is 13.3. The lowest BCUT2D eigenvalue weighted by atomic mass is 9.85. The van der Waals surface area contributed by atoms with Crippen LogP contribution < -0.4 is 25.6 Å². The number of aliphatic hydroxyl groups excluding tert-OH is 1. The van der Waals surface area contributed by atoms with Crippen LogP contribution in [0.4, 0.5) is 21.9 Å². The van der Waals surface area contributed by atoms with Gasteiger partial charge >= 0.3 is 6.03 Å². The van der Waals surface area contributed by atoms with E-state index in [1.54, 1.807) is 24.3 Å². The Hall–Kier alpha value is -5.72. The second-order valence-corrected chi connectivity index (χ2v) is 14.3. The van der Waals surface area contributed by atoms with Gasteiger partial charge in [0.15, 0.2) is 6.29 Å². The number of carbonyl (C=O) groups excluding carboxylic acids is 2. The number of benzene rings is 5. The van der Waals surface area contributed by atoms with Crippen LogP contribution in [0.25, 0.3) is 0 Å². The van der Waals surface area contributed by atoms with Gasteiger partial charge in [-0.05, 0) is 84.6 Å². The van der Waals surface area contributed by atoms with Gasteiger partial charge in [0.05, 0.1) is 25.5 Å². The fourth-order valence-corrected chi connectivity index (χ4v) is 7.75. The number of likely N-dealkylation sites (tertiary alicyclic amines) is 1. The van der Waals surface area contributed by atoms with Gasteiger partial charge in [0.2, 0.25) is 5.91 Å². The number of hydrogen-bond donors (Lipinski definition) is 4. The van der Waals surface area contributed by atoms with Crippen molar-refractivity contribution in [3.63, 3.8) is 0 Å². The van der Waals surface area contributed by atoms with Crippen molar-refractivity contribution >= 4 is 29.0 Å². The molecule has 5 aromatic rings. The molecule has 1 spiro atoms. The summed E-state index contributed by atoms with van der Waals surface area (Å²) in [5, 5.41) is 18.6. The molecular weight excluding hydrogens is 695 g/mol. The van der Waals surface area contributed by atoms with Crippen LogP contribution in [0.5, 0.6) is 11.5 Å². The van der Waals surface area contributed by atoms with Crippen LogP contribution in [0.2, 0.25) is 0 Å². The number of piperidine rings is 1. The van der Waals surface area contributed by atoms with Gasteiger partial charge in [0, 0.05) is 48.7 Å². The molecule has 0 radical (unpaired) electrons. The summed E-state index contributed by atoms with van der Waals surface area (Å²) in [6.45, 7) is 2.68. The molecule has 11 nitrogen and oxygen atoms in total. The van der Waals surface area contributed by atoms with Crippen molar-refractivity contribution in [1.29, 1.82) is 0 Å². The lowest BCUT2D eigenvalue weighted by Crippen LogP contribution is -2.57. The smallest absolute Gasteiger partial charge is 0.323 e. The van der Waals surface area contributed by atoms with Gasteiger partial charge in [-0.2, -0.15) is 0 Å². The second-order valence-electron chi connectivity index (χ2n) is 14.3. The largest absolute Gasteiger partial charge is 0.457 e. The Balaban J connectivity index is 0.933. The molecule has 3 fully saturated rings. The van der Waals surface area contributed by atoms with Gasteiger partial charge in [-0.15, -0.1) is 0 Å². The normalized spacial score (nSPS) is 20.9. The minimum absolute atomic E-state index is 0.0301. The SMILES string of the molecule is O=C(Nc1ccc(Oc2ccccc2)cc1)Nc1cccc([C@H]2O[C@@H](CN3CCC4(CC3)C(=O)NCN4c3ccccc3)C[C@@H](c3ccc(CO)cc3)O2)c1. The Morgan fingerprint density at radius 1 is 0.782 bits per heavy atom. The molecule has 3 atom stereocenters. The Morgan fingerprint density at radius 2 is 1.47 bits per heavy atom. The lowest BCUT2D eigenvalue weighted by molar-refractivity contribution is -0.253. The highest BCUT2D eigenvalue weighted by molar-refractivity contribution is 5.99. The average Bonchev–Trinajstić information content (AvgIpc) is 3.54. The van der Waals surface area contributed by atoms with Gasteiger partial charge in [-0.25, -0.2) is 4.79 Å². The maximum Gasteiger partial charge on any atom is 0.323 e. The van der Waals surface area contributed by atoms with E-state index < -0.39 is 11.8 Å². The average molecular weight is 740 g/mol. The molecule has 3 saturated heterocycles. The third kappa shape index (κ3) is 8.35. The molecule has 3 amide bonds. The van der Waals surface area contributed by atoms with Crippen LogP contribution in [0.15, 0.2) is 133 Å². The Bertz CT molecular complexity index is 2060. The monoisotopic (exact) mass is 739 g/mol. The third-order valence-electron chi connectivity index (χ3n) is 10.7. The molecule has 55 heavy (non-hydrogen) atoms. The quantitative estimate of drug-likeness (QED) is 0.116. The number of urea groups is 1. The molecule has 0 unspecified atom stereocenters. The van der Waals surface area contributed by atoms with Gasteiger partial charge in [0.25, 0.3) is 0 Å². The van der Waals surface area contributed by atoms with E-state index in [-0.39, 0.29) is 30.8 Å². The molecule has 3 aliphatic rings. The third-order valence-corrected chi connectivity index (χ3v) is 10.7. The topological polar surface area (TPSA) is 125 Å². The summed E-state index contributed by atoms with van der Waals surface area (Å²) in [5.74, 6) is 1.50. The first kappa shape index (κ1) is 36.3. The van der Waals surface area contributed by atoms with E-state index in [2.05, 4.69) is 37.9 Å². The summed E-state index contributed by atoms with van der Waals surface area (Å²) in [5.41, 5.74) is 4.32. The minimum Gasteiger partial charge on any atom is -0.457 e. The van der Waals surface area contributed by atoms with Crippen molar-refractivity contribution in [3.05, 3.63) is 150 Å². The van der Waals surface area contributed by atoms with Crippen LogP contribution in [0.1, 0.15) is 48.3 Å². The molecule has 3 heterocycles. The van der Waals surface area contributed by atoms with Crippen molar-refractivity contribution in [2.45, 2.75) is 49.9 Å². The fraction of sp³-hybridized carbons (Fsp3) is 0.273. The molecule has 8 rings (SSSR count). The minimum atomic E-state index is -0.687. The van der Waals surface area contributed by atoms with E-state index in [0.717, 1.165) is 41.2 Å². The Kier molecular flexibility index (Phi) is 10.8. The first-order valence-corrected chi connectivity index (χ1v) is 18.8. The molecule has 5 aromatic carbocycles. The number of hydrogen-bond acceptors (Lipinski definition) is 8. The first-order chi connectivity index (χ1) is 26.9. The van der Waals surface area contributed by atoms with Crippen LogP contribution in [-0.4, -0.2) is 59.9 Å². The van der Waals surface area contributed by atoms with E-state index in [4.69, 9.17) is 14.2 Å². The summed E-state index contributed by atoms with van der Waals surface area (Å²) in [6, 6.07) is 41.8. The standard InChI is InChI=1S/C44H45N5O6/c50-29-31-14-16-32(17-15-31)40-27-39(28-48-24-22-44(23-25-48)42(51)45-30-49(44)36-10-3-1-4-11-36)54-41(55-40)33-8-7-9-35(26-33)47-43(52)46-34-18-20-38(21-19-34)53-37-12-5-2-6-13-37/h1-21,26,39-41,50H,22-25,27-30H2,(H,45,51)(H2,46,47,52)/t39-,40+,41+/m1/s1. The van der Waals surface area contributed by atoms with E-state index in [0.29, 0.717) is 49.6 Å². The highest BCUT2D eigenvalue weighted by Crippen LogP contribution is 2.40. The number of anilines is 3. The van der Waals surface area contributed by atoms with Crippen molar-refractivity contribution in [2.75, 3.05) is 41.8 Å².